The van der Waals surface area contributed by atoms with Crippen molar-refractivity contribution in [1.82, 2.24) is 9.78 Å². The zero-order valence-electron chi connectivity index (χ0n) is 10.6. The number of alkyl halides is 2. The molecule has 0 aliphatic carbocycles. The van der Waals surface area contributed by atoms with Gasteiger partial charge in [-0.1, -0.05) is 13.8 Å². The second-order valence-electron chi connectivity index (χ2n) is 4.24. The van der Waals surface area contributed by atoms with Gasteiger partial charge in [-0.05, 0) is 18.9 Å². The number of carbonyl (C=O) groups is 1. The normalized spacial score (nSPS) is 11.9. The molecule has 0 saturated carbocycles. The minimum absolute atomic E-state index is 0.00953. The molecule has 2 rings (SSSR count). The fourth-order valence-corrected chi connectivity index (χ4v) is 3.13. The molecule has 0 unspecified atom stereocenters. The molecule has 19 heavy (non-hydrogen) atoms. The van der Waals surface area contributed by atoms with Crippen LogP contribution in [-0.2, 0) is 0 Å². The molecule has 0 atom stereocenters. The molecule has 0 saturated heterocycles. The molecule has 7 heteroatoms. The highest BCUT2D eigenvalue weighted by Crippen LogP contribution is 2.35. The van der Waals surface area contributed by atoms with Gasteiger partial charge >= 0.3 is 5.97 Å². The van der Waals surface area contributed by atoms with Crippen molar-refractivity contribution in [2.75, 3.05) is 0 Å². The van der Waals surface area contributed by atoms with E-state index in [9.17, 15) is 13.6 Å². The second-order valence-corrected chi connectivity index (χ2v) is 5.27. The highest BCUT2D eigenvalue weighted by atomic mass is 32.1. The van der Waals surface area contributed by atoms with E-state index in [1.807, 2.05) is 13.8 Å². The Morgan fingerprint density at radius 3 is 2.58 bits per heavy atom. The summed E-state index contributed by atoms with van der Waals surface area (Å²) in [6, 6.07) is 1.30. The zero-order valence-corrected chi connectivity index (χ0v) is 11.4. The lowest BCUT2D eigenvalue weighted by Crippen LogP contribution is -2.08. The van der Waals surface area contributed by atoms with Crippen molar-refractivity contribution >= 4 is 27.5 Å². The molecule has 0 fully saturated rings. The Bertz CT molecular complexity index is 602. The summed E-state index contributed by atoms with van der Waals surface area (Å²) in [5.74, 6) is -1.10. The summed E-state index contributed by atoms with van der Waals surface area (Å²) in [6.45, 7) is 3.91. The van der Waals surface area contributed by atoms with Gasteiger partial charge in [0.2, 0.25) is 0 Å². The van der Waals surface area contributed by atoms with Crippen LogP contribution in [0.2, 0.25) is 0 Å². The Morgan fingerprint density at radius 2 is 2.11 bits per heavy atom. The van der Waals surface area contributed by atoms with Crippen LogP contribution in [0.3, 0.4) is 0 Å². The van der Waals surface area contributed by atoms with Gasteiger partial charge in [0.25, 0.3) is 6.43 Å². The number of carboxylic acids is 1. The van der Waals surface area contributed by atoms with Crippen molar-refractivity contribution in [3.63, 3.8) is 0 Å². The molecule has 0 amide bonds. The Balaban J connectivity index is 2.66. The second kappa shape index (κ2) is 5.24. The van der Waals surface area contributed by atoms with Gasteiger partial charge in [0.15, 0.2) is 0 Å². The van der Waals surface area contributed by atoms with Crippen molar-refractivity contribution in [1.29, 1.82) is 0 Å². The Kier molecular flexibility index (Phi) is 3.84. The molecule has 0 spiro atoms. The predicted molar refractivity (Wildman–Crippen MR) is 69.1 cm³/mol. The van der Waals surface area contributed by atoms with Gasteiger partial charge in [-0.2, -0.15) is 5.10 Å². The molecule has 4 nitrogen and oxygen atoms in total. The lowest BCUT2D eigenvalue weighted by Gasteiger charge is -2.13. The Morgan fingerprint density at radius 1 is 1.47 bits per heavy atom. The lowest BCUT2D eigenvalue weighted by molar-refractivity contribution is 0.0702. The van der Waals surface area contributed by atoms with Crippen LogP contribution < -0.4 is 0 Å². The Hall–Kier alpha value is -1.50. The van der Waals surface area contributed by atoms with Gasteiger partial charge in [-0.15, -0.1) is 11.3 Å². The van der Waals surface area contributed by atoms with Crippen molar-refractivity contribution in [2.24, 2.45) is 0 Å². The monoisotopic (exact) mass is 288 g/mol. The number of halogens is 2. The average molecular weight is 288 g/mol. The SMILES string of the molecule is CCC(CC)n1nc(C(F)F)c2cc(C(=O)O)sc21. The summed E-state index contributed by atoms with van der Waals surface area (Å²) >= 11 is 0.997. The number of aromatic carboxylic acids is 1. The highest BCUT2D eigenvalue weighted by molar-refractivity contribution is 7.20. The maximum Gasteiger partial charge on any atom is 0.345 e. The van der Waals surface area contributed by atoms with Crippen LogP contribution in [0.1, 0.15) is 54.5 Å². The molecule has 1 N–H and O–H groups in total. The molecule has 0 bridgehead atoms. The van der Waals surface area contributed by atoms with E-state index < -0.39 is 12.4 Å². The molecule has 104 valence electrons. The minimum atomic E-state index is -2.70. The number of nitrogens with zero attached hydrogens (tertiary/aromatic N) is 2. The van der Waals surface area contributed by atoms with Gasteiger partial charge in [0.05, 0.1) is 6.04 Å². The van der Waals surface area contributed by atoms with E-state index in [2.05, 4.69) is 5.10 Å². The molecule has 0 aromatic carbocycles. The van der Waals surface area contributed by atoms with Crippen LogP contribution in [0.4, 0.5) is 8.78 Å². The first-order valence-electron chi connectivity index (χ1n) is 6.02. The summed E-state index contributed by atoms with van der Waals surface area (Å²) < 4.78 is 27.5. The smallest absolute Gasteiger partial charge is 0.345 e. The number of hydrogen-bond donors (Lipinski definition) is 1. The van der Waals surface area contributed by atoms with Crippen LogP contribution >= 0.6 is 11.3 Å². The topological polar surface area (TPSA) is 55.1 Å². The molecule has 0 aliphatic heterocycles. The first-order valence-corrected chi connectivity index (χ1v) is 6.84. The van der Waals surface area contributed by atoms with Gasteiger partial charge in [-0.25, -0.2) is 13.6 Å². The van der Waals surface area contributed by atoms with E-state index in [1.165, 1.54) is 6.07 Å². The van der Waals surface area contributed by atoms with Crippen molar-refractivity contribution in [3.05, 3.63) is 16.6 Å². The summed E-state index contributed by atoms with van der Waals surface area (Å²) in [5.41, 5.74) is -0.328. The van der Waals surface area contributed by atoms with E-state index in [1.54, 1.807) is 4.68 Å². The number of carboxylic acid groups (broad SMARTS) is 1. The summed E-state index contributed by atoms with van der Waals surface area (Å²) in [5, 5.41) is 13.2. The van der Waals surface area contributed by atoms with E-state index in [4.69, 9.17) is 5.11 Å². The molecular formula is C12H14F2N2O2S. The summed E-state index contributed by atoms with van der Waals surface area (Å²) in [4.78, 5) is 11.5. The van der Waals surface area contributed by atoms with Crippen molar-refractivity contribution in [2.45, 2.75) is 39.2 Å². The minimum Gasteiger partial charge on any atom is -0.477 e. The molecular weight excluding hydrogens is 274 g/mol. The van der Waals surface area contributed by atoms with Crippen LogP contribution in [0.25, 0.3) is 10.2 Å². The highest BCUT2D eigenvalue weighted by Gasteiger charge is 2.24. The van der Waals surface area contributed by atoms with Crippen molar-refractivity contribution in [3.8, 4) is 0 Å². The largest absolute Gasteiger partial charge is 0.477 e. The molecule has 2 aromatic heterocycles. The fourth-order valence-electron chi connectivity index (χ4n) is 2.10. The third kappa shape index (κ3) is 2.34. The maximum absolute atomic E-state index is 13.0. The van der Waals surface area contributed by atoms with Gasteiger partial charge in [0, 0.05) is 5.39 Å². The summed E-state index contributed by atoms with van der Waals surface area (Å²) in [6.07, 6.45) is -1.18. The quantitative estimate of drug-likeness (QED) is 0.901. The first-order chi connectivity index (χ1) is 8.99. The van der Waals surface area contributed by atoms with Gasteiger partial charge in [0.1, 0.15) is 15.4 Å². The number of fused-ring (bicyclic) bond motifs is 1. The number of hydrogen-bond acceptors (Lipinski definition) is 3. The Labute approximate surface area is 112 Å². The standard InChI is InChI=1S/C12H14F2N2O2S/c1-3-6(4-2)16-11-7(9(15-16)10(13)14)5-8(19-11)12(17)18/h5-6,10H,3-4H2,1-2H3,(H,17,18). The third-order valence-electron chi connectivity index (χ3n) is 3.12. The van der Waals surface area contributed by atoms with E-state index in [0.29, 0.717) is 4.83 Å². The molecule has 0 aliphatic rings. The maximum atomic E-state index is 13.0. The number of thiophene rings is 1. The van der Waals surface area contributed by atoms with Gasteiger partial charge in [-0.3, -0.25) is 4.68 Å². The van der Waals surface area contributed by atoms with Crippen LogP contribution in [0, 0.1) is 0 Å². The van der Waals surface area contributed by atoms with E-state index in [-0.39, 0.29) is 22.0 Å². The molecule has 0 radical (unpaired) electrons. The zero-order chi connectivity index (χ0) is 14.2. The van der Waals surface area contributed by atoms with Crippen molar-refractivity contribution < 1.29 is 18.7 Å². The summed E-state index contributed by atoms with van der Waals surface area (Å²) in [7, 11) is 0. The fraction of sp³-hybridized carbons (Fsp3) is 0.500. The predicted octanol–water partition coefficient (Wildman–Crippen LogP) is 4.09. The lowest BCUT2D eigenvalue weighted by atomic mass is 10.2. The van der Waals surface area contributed by atoms with E-state index in [0.717, 1.165) is 24.2 Å². The molecule has 2 heterocycles. The van der Waals surface area contributed by atoms with Crippen LogP contribution in [0.15, 0.2) is 6.07 Å². The van der Waals surface area contributed by atoms with Crippen LogP contribution in [-0.4, -0.2) is 20.9 Å². The average Bonchev–Trinajstić information content (AvgIpc) is 2.90. The third-order valence-corrected chi connectivity index (χ3v) is 4.23. The van der Waals surface area contributed by atoms with Crippen LogP contribution in [0.5, 0.6) is 0 Å². The van der Waals surface area contributed by atoms with E-state index >= 15 is 0 Å². The van der Waals surface area contributed by atoms with Gasteiger partial charge < -0.3 is 5.11 Å². The number of rotatable bonds is 5. The first kappa shape index (κ1) is 13.9. The number of aromatic nitrogens is 2. The molecule has 2 aromatic rings.